The number of hydrogen-bond acceptors (Lipinski definition) is 4. The van der Waals surface area contributed by atoms with Crippen molar-refractivity contribution in [3.63, 3.8) is 0 Å². The maximum absolute atomic E-state index is 12.4. The molecule has 0 amide bonds. The Hall–Kier alpha value is -1.71. The number of Topliss-reactive ketones (excluding diaryl/α,β-unsaturated/α-hetero) is 1. The van der Waals surface area contributed by atoms with E-state index in [4.69, 9.17) is 4.74 Å². The quantitative estimate of drug-likeness (QED) is 0.261. The largest absolute Gasteiger partial charge is 0.460 e. The van der Waals surface area contributed by atoms with E-state index in [9.17, 15) is 14.4 Å². The van der Waals surface area contributed by atoms with Crippen molar-refractivity contribution in [1.82, 2.24) is 0 Å². The molecule has 4 atom stereocenters. The molecule has 3 unspecified atom stereocenters. The highest BCUT2D eigenvalue weighted by molar-refractivity contribution is 6.10. The topological polar surface area (TPSA) is 60.4 Å². The van der Waals surface area contributed by atoms with E-state index in [1.165, 1.54) is 0 Å². The molecule has 0 spiro atoms. The van der Waals surface area contributed by atoms with Crippen LogP contribution in [0.3, 0.4) is 0 Å². The summed E-state index contributed by atoms with van der Waals surface area (Å²) in [6, 6.07) is 0. The standard InChI is InChI=1S/C16H20O4/c1-9(6-10(2)8-17)7-15(4)13-11(3)12(18)16(15,5)14(19)20-13/h6-8,11,13H,1-5H3/b9-7+,10-6+/t11?,13?,15?,16-/m1/s1. The Morgan fingerprint density at radius 1 is 1.20 bits per heavy atom. The Morgan fingerprint density at radius 3 is 2.30 bits per heavy atom. The fourth-order valence-corrected chi connectivity index (χ4v) is 3.57. The molecule has 1 saturated heterocycles. The highest BCUT2D eigenvalue weighted by Crippen LogP contribution is 2.60. The number of hydrogen-bond donors (Lipinski definition) is 0. The number of allylic oxidation sites excluding steroid dienone is 3. The fraction of sp³-hybridized carbons (Fsp3) is 0.562. The Balaban J connectivity index is 2.51. The zero-order valence-corrected chi connectivity index (χ0v) is 12.5. The highest BCUT2D eigenvalue weighted by atomic mass is 16.6. The zero-order chi connectivity index (χ0) is 15.3. The summed E-state index contributed by atoms with van der Waals surface area (Å²) in [5.74, 6) is -0.780. The van der Waals surface area contributed by atoms with Crippen molar-refractivity contribution < 1.29 is 19.1 Å². The van der Waals surface area contributed by atoms with Crippen LogP contribution in [0.4, 0.5) is 0 Å². The first kappa shape index (κ1) is 14.7. The lowest BCUT2D eigenvalue weighted by atomic mass is 9.68. The second kappa shape index (κ2) is 4.40. The summed E-state index contributed by atoms with van der Waals surface area (Å²) >= 11 is 0. The smallest absolute Gasteiger partial charge is 0.320 e. The van der Waals surface area contributed by atoms with Crippen LogP contribution in [-0.4, -0.2) is 24.1 Å². The molecule has 1 heterocycles. The molecule has 1 aliphatic carbocycles. The first-order valence-corrected chi connectivity index (χ1v) is 6.77. The average molecular weight is 276 g/mol. The van der Waals surface area contributed by atoms with E-state index in [-0.39, 0.29) is 11.7 Å². The van der Waals surface area contributed by atoms with Crippen LogP contribution in [0.5, 0.6) is 0 Å². The van der Waals surface area contributed by atoms with E-state index in [1.807, 2.05) is 19.9 Å². The van der Waals surface area contributed by atoms with E-state index >= 15 is 0 Å². The summed E-state index contributed by atoms with van der Waals surface area (Å²) < 4.78 is 5.40. The average Bonchev–Trinajstić information content (AvgIpc) is 2.64. The molecular weight excluding hydrogens is 256 g/mol. The number of fused-ring (bicyclic) bond motifs is 2. The van der Waals surface area contributed by atoms with E-state index < -0.39 is 22.9 Å². The number of carbonyl (C=O) groups is 3. The molecule has 2 bridgehead atoms. The Labute approximate surface area is 118 Å². The summed E-state index contributed by atoms with van der Waals surface area (Å²) in [5.41, 5.74) is -0.330. The Bertz CT molecular complexity index is 557. The molecule has 1 saturated carbocycles. The first-order valence-electron chi connectivity index (χ1n) is 6.77. The fourth-order valence-electron chi connectivity index (χ4n) is 3.57. The lowest BCUT2D eigenvalue weighted by molar-refractivity contribution is -0.161. The molecule has 4 nitrogen and oxygen atoms in total. The van der Waals surface area contributed by atoms with Gasteiger partial charge in [0.15, 0.2) is 5.78 Å². The molecule has 2 aliphatic rings. The summed E-state index contributed by atoms with van der Waals surface area (Å²) in [6.07, 6.45) is 4.00. The molecule has 20 heavy (non-hydrogen) atoms. The zero-order valence-electron chi connectivity index (χ0n) is 12.5. The van der Waals surface area contributed by atoms with Crippen LogP contribution in [0.1, 0.15) is 34.6 Å². The number of ether oxygens (including phenoxy) is 1. The monoisotopic (exact) mass is 276 g/mol. The minimum absolute atomic E-state index is 0.0543. The maximum Gasteiger partial charge on any atom is 0.320 e. The van der Waals surface area contributed by atoms with E-state index in [0.29, 0.717) is 5.57 Å². The molecule has 1 aliphatic heterocycles. The molecule has 0 N–H and O–H groups in total. The van der Waals surface area contributed by atoms with Crippen LogP contribution in [-0.2, 0) is 19.1 Å². The van der Waals surface area contributed by atoms with Gasteiger partial charge in [0, 0.05) is 5.41 Å². The summed E-state index contributed by atoms with van der Waals surface area (Å²) in [6.45, 7) is 8.93. The molecule has 2 rings (SSSR count). The highest BCUT2D eigenvalue weighted by Gasteiger charge is 2.73. The third kappa shape index (κ3) is 1.63. The van der Waals surface area contributed by atoms with Gasteiger partial charge in [0.1, 0.15) is 17.8 Å². The third-order valence-electron chi connectivity index (χ3n) is 4.84. The molecule has 0 aromatic rings. The predicted molar refractivity (Wildman–Crippen MR) is 73.8 cm³/mol. The summed E-state index contributed by atoms with van der Waals surface area (Å²) in [4.78, 5) is 35.1. The molecule has 0 radical (unpaired) electrons. The summed E-state index contributed by atoms with van der Waals surface area (Å²) in [5, 5.41) is 0. The molecule has 2 fully saturated rings. The number of carbonyl (C=O) groups excluding carboxylic acids is 3. The van der Waals surface area contributed by atoms with Crippen LogP contribution in [0.15, 0.2) is 23.3 Å². The van der Waals surface area contributed by atoms with Gasteiger partial charge in [0.2, 0.25) is 0 Å². The van der Waals surface area contributed by atoms with Crippen molar-refractivity contribution >= 4 is 18.0 Å². The van der Waals surface area contributed by atoms with Gasteiger partial charge in [-0.15, -0.1) is 0 Å². The molecule has 0 aromatic heterocycles. The normalized spacial score (nSPS) is 41.0. The molecule has 108 valence electrons. The van der Waals surface area contributed by atoms with Crippen LogP contribution in [0.25, 0.3) is 0 Å². The van der Waals surface area contributed by atoms with Crippen molar-refractivity contribution in [2.45, 2.75) is 40.7 Å². The van der Waals surface area contributed by atoms with Crippen molar-refractivity contribution in [1.29, 1.82) is 0 Å². The van der Waals surface area contributed by atoms with Gasteiger partial charge in [-0.3, -0.25) is 14.4 Å². The van der Waals surface area contributed by atoms with Crippen molar-refractivity contribution in [2.24, 2.45) is 16.7 Å². The van der Waals surface area contributed by atoms with E-state index in [2.05, 4.69) is 0 Å². The van der Waals surface area contributed by atoms with Gasteiger partial charge in [-0.25, -0.2) is 0 Å². The SMILES string of the molecule is C/C(C=O)=C\C(C)=C\C1(C)C2OC(=O)[C@@]1(C)C(=O)C2C. The number of esters is 1. The van der Waals surface area contributed by atoms with E-state index in [0.717, 1.165) is 11.9 Å². The van der Waals surface area contributed by atoms with Gasteiger partial charge in [-0.1, -0.05) is 31.6 Å². The lowest BCUT2D eigenvalue weighted by Crippen LogP contribution is -2.41. The molecular formula is C16H20O4. The molecule has 4 heteroatoms. The van der Waals surface area contributed by atoms with Gasteiger partial charge in [0.25, 0.3) is 0 Å². The van der Waals surface area contributed by atoms with Crippen LogP contribution in [0.2, 0.25) is 0 Å². The van der Waals surface area contributed by atoms with Crippen molar-refractivity contribution in [3.05, 3.63) is 23.3 Å². The number of ketones is 1. The van der Waals surface area contributed by atoms with Gasteiger partial charge in [-0.2, -0.15) is 0 Å². The number of aldehydes is 1. The first-order chi connectivity index (χ1) is 9.18. The third-order valence-corrected chi connectivity index (χ3v) is 4.84. The van der Waals surface area contributed by atoms with Gasteiger partial charge in [0.05, 0.1) is 5.92 Å². The van der Waals surface area contributed by atoms with Crippen molar-refractivity contribution in [3.8, 4) is 0 Å². The predicted octanol–water partition coefficient (Wildman–Crippen LogP) is 2.23. The van der Waals surface area contributed by atoms with Gasteiger partial charge < -0.3 is 4.74 Å². The second-order valence-corrected chi connectivity index (χ2v) is 6.28. The second-order valence-electron chi connectivity index (χ2n) is 6.28. The van der Waals surface area contributed by atoms with Crippen molar-refractivity contribution in [2.75, 3.05) is 0 Å². The van der Waals surface area contributed by atoms with Crippen LogP contribution < -0.4 is 0 Å². The molecule has 0 aromatic carbocycles. The Kier molecular flexibility index (Phi) is 3.23. The van der Waals surface area contributed by atoms with Gasteiger partial charge in [-0.05, 0) is 26.3 Å². The number of rotatable bonds is 3. The van der Waals surface area contributed by atoms with Crippen LogP contribution >= 0.6 is 0 Å². The van der Waals surface area contributed by atoms with E-state index in [1.54, 1.807) is 26.8 Å². The lowest BCUT2D eigenvalue weighted by Gasteiger charge is -2.28. The maximum atomic E-state index is 12.4. The summed E-state index contributed by atoms with van der Waals surface area (Å²) in [7, 11) is 0. The van der Waals surface area contributed by atoms with Crippen LogP contribution in [0, 0.1) is 16.7 Å². The minimum Gasteiger partial charge on any atom is -0.460 e. The Morgan fingerprint density at radius 2 is 1.80 bits per heavy atom. The van der Waals surface area contributed by atoms with Gasteiger partial charge >= 0.3 is 5.97 Å². The minimum atomic E-state index is -1.12.